The first kappa shape index (κ1) is 8.45. The van der Waals surface area contributed by atoms with E-state index in [0.29, 0.717) is 0 Å². The van der Waals surface area contributed by atoms with E-state index in [1.807, 2.05) is 37.0 Å². The van der Waals surface area contributed by atoms with Gasteiger partial charge in [-0.15, -0.1) is 9.24 Å². The highest BCUT2D eigenvalue weighted by atomic mass is 31.0. The Kier molecular flexibility index (Phi) is 5.24. The molecule has 1 atom stereocenters. The fraction of sp³-hybridized carbons (Fsp3) is 0.143. The van der Waals surface area contributed by atoms with E-state index in [9.17, 15) is 0 Å². The highest BCUT2D eigenvalue weighted by Gasteiger charge is 1.72. The number of benzene rings is 1. The Morgan fingerprint density at radius 2 is 1.56 bits per heavy atom. The Labute approximate surface area is 58.5 Å². The van der Waals surface area contributed by atoms with Gasteiger partial charge in [0.15, 0.2) is 0 Å². The van der Waals surface area contributed by atoms with Gasteiger partial charge >= 0.3 is 0 Å². The van der Waals surface area contributed by atoms with Crippen LogP contribution in [0.3, 0.4) is 0 Å². The minimum absolute atomic E-state index is 0.822. The first-order valence-corrected chi connectivity index (χ1v) is 3.93. The number of nitrogen functional groups attached to an aromatic ring is 1. The van der Waals surface area contributed by atoms with Gasteiger partial charge in [-0.3, -0.25) is 0 Å². The van der Waals surface area contributed by atoms with Gasteiger partial charge in [-0.1, -0.05) is 24.9 Å². The van der Waals surface area contributed by atoms with Crippen molar-refractivity contribution >= 4 is 14.9 Å². The molecule has 1 aromatic carbocycles. The molecule has 0 saturated carbocycles. The van der Waals surface area contributed by atoms with Gasteiger partial charge in [0.05, 0.1) is 0 Å². The summed E-state index contributed by atoms with van der Waals surface area (Å²) in [5, 5.41) is 0. The zero-order valence-electron chi connectivity index (χ0n) is 5.54. The van der Waals surface area contributed by atoms with E-state index in [-0.39, 0.29) is 0 Å². The molecule has 0 saturated heterocycles. The Balaban J connectivity index is 0.000000291. The molecule has 0 radical (unpaired) electrons. The maximum Gasteiger partial charge on any atom is 0.0313 e. The highest BCUT2D eigenvalue weighted by Crippen LogP contribution is 1.95. The van der Waals surface area contributed by atoms with Crippen molar-refractivity contribution in [1.29, 1.82) is 0 Å². The quantitative estimate of drug-likeness (QED) is 0.432. The number of rotatable bonds is 0. The topological polar surface area (TPSA) is 26.0 Å². The van der Waals surface area contributed by atoms with Crippen molar-refractivity contribution in [3.63, 3.8) is 0 Å². The molecule has 50 valence electrons. The zero-order valence-corrected chi connectivity index (χ0v) is 6.70. The average molecular weight is 141 g/mol. The third-order valence-corrected chi connectivity index (χ3v) is 0.800. The molecule has 2 N–H and O–H groups in total. The second kappa shape index (κ2) is 5.58. The van der Waals surface area contributed by atoms with Crippen molar-refractivity contribution in [2.24, 2.45) is 0 Å². The predicted octanol–water partition coefficient (Wildman–Crippen LogP) is 1.76. The number of anilines is 1. The summed E-state index contributed by atoms with van der Waals surface area (Å²) >= 11 is 0. The fourth-order valence-corrected chi connectivity index (χ4v) is 0.453. The van der Waals surface area contributed by atoms with Crippen molar-refractivity contribution in [1.82, 2.24) is 0 Å². The number of hydrogen-bond acceptors (Lipinski definition) is 1. The molecule has 0 amide bonds. The number of para-hydroxylation sites is 1. The summed E-state index contributed by atoms with van der Waals surface area (Å²) in [4.78, 5) is 0. The molecular weight excluding hydrogens is 129 g/mol. The van der Waals surface area contributed by atoms with E-state index in [1.54, 1.807) is 0 Å². The highest BCUT2D eigenvalue weighted by molar-refractivity contribution is 7.15. The smallest absolute Gasteiger partial charge is 0.0313 e. The van der Waals surface area contributed by atoms with Crippen LogP contribution < -0.4 is 5.73 Å². The van der Waals surface area contributed by atoms with E-state index in [4.69, 9.17) is 5.73 Å². The average Bonchev–Trinajstić information content (AvgIpc) is 1.94. The Hall–Kier alpha value is -0.550. The van der Waals surface area contributed by atoms with E-state index in [1.165, 1.54) is 0 Å². The molecule has 0 aliphatic carbocycles. The summed E-state index contributed by atoms with van der Waals surface area (Å²) in [6, 6.07) is 9.49. The van der Waals surface area contributed by atoms with E-state index < -0.39 is 0 Å². The molecule has 0 spiro atoms. The maximum absolute atomic E-state index is 5.36. The lowest BCUT2D eigenvalue weighted by Gasteiger charge is -1.83. The van der Waals surface area contributed by atoms with Gasteiger partial charge in [-0.25, -0.2) is 0 Å². The van der Waals surface area contributed by atoms with Crippen LogP contribution in [0.2, 0.25) is 0 Å². The van der Waals surface area contributed by atoms with E-state index in [2.05, 4.69) is 9.24 Å². The van der Waals surface area contributed by atoms with Gasteiger partial charge in [0.1, 0.15) is 0 Å². The second-order valence-electron chi connectivity index (χ2n) is 1.41. The van der Waals surface area contributed by atoms with Crippen molar-refractivity contribution < 1.29 is 0 Å². The molecule has 0 bridgehead atoms. The number of hydrogen-bond donors (Lipinski definition) is 1. The van der Waals surface area contributed by atoms with Crippen LogP contribution in [-0.2, 0) is 0 Å². The van der Waals surface area contributed by atoms with Gasteiger partial charge in [-0.2, -0.15) is 0 Å². The molecule has 0 heterocycles. The molecule has 0 aromatic heterocycles. The first-order valence-electron chi connectivity index (χ1n) is 2.78. The van der Waals surface area contributed by atoms with Crippen LogP contribution >= 0.6 is 9.24 Å². The molecule has 0 aliphatic rings. The van der Waals surface area contributed by atoms with Gasteiger partial charge < -0.3 is 5.73 Å². The Morgan fingerprint density at radius 1 is 1.11 bits per heavy atom. The van der Waals surface area contributed by atoms with Gasteiger partial charge in [0.25, 0.3) is 0 Å². The van der Waals surface area contributed by atoms with Crippen LogP contribution in [-0.4, -0.2) is 6.66 Å². The summed E-state index contributed by atoms with van der Waals surface area (Å²) in [7, 11) is 2.42. The van der Waals surface area contributed by atoms with Crippen LogP contribution in [0, 0.1) is 0 Å². The van der Waals surface area contributed by atoms with Crippen LogP contribution in [0.5, 0.6) is 0 Å². The standard InChI is InChI=1S/C6H7N.CH5P/c7-6-4-2-1-3-5-6;1-2/h1-5H,7H2;2H2,1H3. The number of nitrogens with two attached hydrogens (primary N) is 1. The maximum atomic E-state index is 5.36. The third kappa shape index (κ3) is 3.99. The molecule has 1 nitrogen and oxygen atoms in total. The molecule has 9 heavy (non-hydrogen) atoms. The first-order chi connectivity index (χ1) is 4.39. The molecule has 1 rings (SSSR count). The summed E-state index contributed by atoms with van der Waals surface area (Å²) < 4.78 is 0. The summed E-state index contributed by atoms with van der Waals surface area (Å²) in [6.45, 7) is 1.92. The fourth-order valence-electron chi connectivity index (χ4n) is 0.453. The van der Waals surface area contributed by atoms with Crippen molar-refractivity contribution in [2.75, 3.05) is 12.4 Å². The van der Waals surface area contributed by atoms with Gasteiger partial charge in [-0.05, 0) is 12.1 Å². The van der Waals surface area contributed by atoms with Gasteiger partial charge in [0.2, 0.25) is 0 Å². The van der Waals surface area contributed by atoms with E-state index >= 15 is 0 Å². The lowest BCUT2D eigenvalue weighted by atomic mass is 10.3. The molecule has 1 unspecified atom stereocenters. The van der Waals surface area contributed by atoms with Crippen molar-refractivity contribution in [3.05, 3.63) is 30.3 Å². The minimum Gasteiger partial charge on any atom is -0.399 e. The van der Waals surface area contributed by atoms with E-state index in [0.717, 1.165) is 5.69 Å². The zero-order chi connectivity index (χ0) is 7.11. The van der Waals surface area contributed by atoms with Crippen LogP contribution in [0.4, 0.5) is 5.69 Å². The Morgan fingerprint density at radius 3 is 1.78 bits per heavy atom. The summed E-state index contributed by atoms with van der Waals surface area (Å²) in [5.41, 5.74) is 6.18. The molecule has 0 fully saturated rings. The van der Waals surface area contributed by atoms with Crippen molar-refractivity contribution in [3.8, 4) is 0 Å². The lowest BCUT2D eigenvalue weighted by molar-refractivity contribution is 1.69. The molecule has 0 aliphatic heterocycles. The second-order valence-corrected chi connectivity index (χ2v) is 1.41. The third-order valence-electron chi connectivity index (χ3n) is 0.800. The molecule has 2 heteroatoms. The monoisotopic (exact) mass is 141 g/mol. The minimum atomic E-state index is 0.822. The lowest BCUT2D eigenvalue weighted by Crippen LogP contribution is -1.79. The largest absolute Gasteiger partial charge is 0.399 e. The van der Waals surface area contributed by atoms with Gasteiger partial charge in [0, 0.05) is 5.69 Å². The molecule has 1 aromatic rings. The predicted molar refractivity (Wildman–Crippen MR) is 46.5 cm³/mol. The van der Waals surface area contributed by atoms with Crippen molar-refractivity contribution in [2.45, 2.75) is 0 Å². The normalized spacial score (nSPS) is 7.33. The Bertz CT molecular complexity index is 139. The summed E-state index contributed by atoms with van der Waals surface area (Å²) in [6.07, 6.45) is 0. The summed E-state index contributed by atoms with van der Waals surface area (Å²) in [5.74, 6) is 0. The van der Waals surface area contributed by atoms with Crippen LogP contribution in [0.1, 0.15) is 0 Å². The SMILES string of the molecule is CP.Nc1ccccc1. The van der Waals surface area contributed by atoms with Crippen LogP contribution in [0.15, 0.2) is 30.3 Å². The van der Waals surface area contributed by atoms with Crippen LogP contribution in [0.25, 0.3) is 0 Å². The molecular formula is C7H12NP.